The fourth-order valence-electron chi connectivity index (χ4n) is 7.43. The molecule has 3 heteroatoms. The third-order valence-corrected chi connectivity index (χ3v) is 9.54. The van der Waals surface area contributed by atoms with E-state index in [0.717, 1.165) is 54.7 Å². The normalized spacial score (nSPS) is 45.3. The van der Waals surface area contributed by atoms with Gasteiger partial charge in [-0.15, -0.1) is 0 Å². The van der Waals surface area contributed by atoms with Crippen LogP contribution in [-0.4, -0.2) is 22.4 Å². The van der Waals surface area contributed by atoms with Crippen LogP contribution in [0.25, 0.3) is 6.08 Å². The Hall–Kier alpha value is -1.09. The molecule has 156 valence electrons. The number of rotatable bonds is 1. The van der Waals surface area contributed by atoms with E-state index in [1.807, 2.05) is 24.3 Å². The number of hydrogen-bond acceptors (Lipinski definition) is 2. The Morgan fingerprint density at radius 1 is 1.03 bits per heavy atom. The first-order valence-electron chi connectivity index (χ1n) is 11.3. The highest BCUT2D eigenvalue weighted by Crippen LogP contribution is 2.65. The van der Waals surface area contributed by atoms with Crippen LogP contribution in [0.5, 0.6) is 0 Å². The van der Waals surface area contributed by atoms with Crippen molar-refractivity contribution in [2.45, 2.75) is 71.0 Å². The van der Waals surface area contributed by atoms with Crippen LogP contribution in [0.3, 0.4) is 0 Å². The second kappa shape index (κ2) is 6.97. The van der Waals surface area contributed by atoms with Crippen LogP contribution >= 0.6 is 11.6 Å². The van der Waals surface area contributed by atoms with Gasteiger partial charge in [0.05, 0.1) is 12.2 Å². The number of hydrogen-bond donors (Lipinski definition) is 2. The molecule has 1 aromatic rings. The lowest BCUT2D eigenvalue weighted by Gasteiger charge is -2.57. The number of benzene rings is 1. The van der Waals surface area contributed by atoms with Crippen molar-refractivity contribution in [2.75, 3.05) is 0 Å². The van der Waals surface area contributed by atoms with Crippen LogP contribution in [0.1, 0.15) is 64.4 Å². The zero-order valence-corrected chi connectivity index (χ0v) is 18.3. The van der Waals surface area contributed by atoms with Crippen LogP contribution in [0.2, 0.25) is 5.02 Å². The van der Waals surface area contributed by atoms with Crippen molar-refractivity contribution in [1.29, 1.82) is 0 Å². The number of allylic oxidation sites excluding steroid dienone is 1. The molecule has 0 saturated heterocycles. The summed E-state index contributed by atoms with van der Waals surface area (Å²) in [6.07, 6.45) is 11.3. The maximum absolute atomic E-state index is 11.4. The summed E-state index contributed by atoms with van der Waals surface area (Å²) in [6.45, 7) is 4.77. The lowest BCUT2D eigenvalue weighted by Crippen LogP contribution is -2.51. The molecule has 29 heavy (non-hydrogen) atoms. The number of aliphatic hydroxyl groups is 2. The molecule has 3 fully saturated rings. The van der Waals surface area contributed by atoms with Gasteiger partial charge in [0.2, 0.25) is 0 Å². The minimum absolute atomic E-state index is 0.0376. The molecule has 0 aliphatic heterocycles. The second-order valence-electron chi connectivity index (χ2n) is 10.5. The van der Waals surface area contributed by atoms with Gasteiger partial charge < -0.3 is 10.2 Å². The van der Waals surface area contributed by atoms with Crippen molar-refractivity contribution in [3.05, 3.63) is 52.1 Å². The van der Waals surface area contributed by atoms with Crippen LogP contribution in [0, 0.1) is 28.6 Å². The Kier molecular flexibility index (Phi) is 4.77. The molecule has 4 aliphatic carbocycles. The molecule has 0 unspecified atom stereocenters. The maximum atomic E-state index is 11.4. The molecule has 4 aliphatic rings. The fourth-order valence-corrected chi connectivity index (χ4v) is 7.62. The molecule has 2 nitrogen and oxygen atoms in total. The second-order valence-corrected chi connectivity index (χ2v) is 11.0. The zero-order chi connectivity index (χ0) is 20.4. The molecule has 0 radical (unpaired) electrons. The molecule has 0 aromatic heterocycles. The Morgan fingerprint density at radius 2 is 1.83 bits per heavy atom. The summed E-state index contributed by atoms with van der Waals surface area (Å²) in [5.41, 5.74) is 3.88. The maximum Gasteiger partial charge on any atom is 0.0809 e. The molecular weight excluding hydrogens is 380 g/mol. The minimum atomic E-state index is -0.379. The van der Waals surface area contributed by atoms with Crippen LogP contribution < -0.4 is 0 Å². The van der Waals surface area contributed by atoms with Gasteiger partial charge in [-0.2, -0.15) is 0 Å². The first-order valence-corrected chi connectivity index (χ1v) is 11.7. The van der Waals surface area contributed by atoms with E-state index in [9.17, 15) is 10.2 Å². The lowest BCUT2D eigenvalue weighted by atomic mass is 9.48. The van der Waals surface area contributed by atoms with Gasteiger partial charge in [-0.1, -0.05) is 61.4 Å². The van der Waals surface area contributed by atoms with Gasteiger partial charge in [-0.3, -0.25) is 0 Å². The summed E-state index contributed by atoms with van der Waals surface area (Å²) in [5, 5.41) is 22.3. The monoisotopic (exact) mass is 412 g/mol. The van der Waals surface area contributed by atoms with Crippen molar-refractivity contribution in [2.24, 2.45) is 28.6 Å². The van der Waals surface area contributed by atoms with E-state index in [1.54, 1.807) is 0 Å². The van der Waals surface area contributed by atoms with Crippen molar-refractivity contribution in [3.8, 4) is 0 Å². The van der Waals surface area contributed by atoms with Gasteiger partial charge in [0.1, 0.15) is 0 Å². The summed E-state index contributed by atoms with van der Waals surface area (Å²) in [5.74, 6) is 1.83. The predicted molar refractivity (Wildman–Crippen MR) is 119 cm³/mol. The number of halogens is 1. The minimum Gasteiger partial charge on any atom is -0.393 e. The highest BCUT2D eigenvalue weighted by Gasteiger charge is 2.59. The van der Waals surface area contributed by atoms with E-state index in [1.165, 1.54) is 12.0 Å². The average Bonchev–Trinajstić information content (AvgIpc) is 2.95. The van der Waals surface area contributed by atoms with Crippen LogP contribution in [0.15, 0.2) is 41.5 Å². The molecule has 1 aromatic carbocycles. The molecule has 3 saturated carbocycles. The van der Waals surface area contributed by atoms with Gasteiger partial charge >= 0.3 is 0 Å². The summed E-state index contributed by atoms with van der Waals surface area (Å²) in [4.78, 5) is 0. The third kappa shape index (κ3) is 2.98. The molecule has 0 heterocycles. The average molecular weight is 413 g/mol. The van der Waals surface area contributed by atoms with Crippen molar-refractivity contribution in [1.82, 2.24) is 0 Å². The smallest absolute Gasteiger partial charge is 0.0809 e. The third-order valence-electron chi connectivity index (χ3n) is 9.19. The Balaban J connectivity index is 1.48. The molecule has 5 rings (SSSR count). The molecular formula is C26H33ClO2. The topological polar surface area (TPSA) is 40.5 Å². The first-order chi connectivity index (χ1) is 13.8. The molecule has 0 spiro atoms. The lowest BCUT2D eigenvalue weighted by molar-refractivity contribution is -0.0685. The zero-order valence-electron chi connectivity index (χ0n) is 17.6. The van der Waals surface area contributed by atoms with Gasteiger partial charge in [0.25, 0.3) is 0 Å². The van der Waals surface area contributed by atoms with E-state index in [-0.39, 0.29) is 23.0 Å². The Bertz CT molecular complexity index is 873. The van der Waals surface area contributed by atoms with E-state index >= 15 is 0 Å². The predicted octanol–water partition coefficient (Wildman–Crippen LogP) is 6.02. The van der Waals surface area contributed by atoms with Gasteiger partial charge in [-0.05, 0) is 85.3 Å². The highest BCUT2D eigenvalue weighted by atomic mass is 35.5. The van der Waals surface area contributed by atoms with Crippen LogP contribution in [-0.2, 0) is 0 Å². The largest absolute Gasteiger partial charge is 0.393 e. The summed E-state index contributed by atoms with van der Waals surface area (Å²) < 4.78 is 0. The highest BCUT2D eigenvalue weighted by molar-refractivity contribution is 6.32. The fraction of sp³-hybridized carbons (Fsp3) is 0.615. The Morgan fingerprint density at radius 3 is 2.62 bits per heavy atom. The molecule has 0 amide bonds. The first kappa shape index (κ1) is 19.8. The summed E-state index contributed by atoms with van der Waals surface area (Å²) >= 11 is 6.40. The van der Waals surface area contributed by atoms with Crippen molar-refractivity contribution in [3.63, 3.8) is 0 Å². The van der Waals surface area contributed by atoms with Gasteiger partial charge in [0, 0.05) is 10.4 Å². The quantitative estimate of drug-likeness (QED) is 0.554. The molecule has 0 bridgehead atoms. The summed E-state index contributed by atoms with van der Waals surface area (Å²) in [7, 11) is 0. The van der Waals surface area contributed by atoms with Crippen LogP contribution in [0.4, 0.5) is 0 Å². The van der Waals surface area contributed by atoms with E-state index in [4.69, 9.17) is 11.6 Å². The van der Waals surface area contributed by atoms with E-state index in [0.29, 0.717) is 17.8 Å². The SMILES string of the molecule is C[C@]12CC[C@H]3[C@@H](CC=C4C[C@H](O)CC[C@@]43C)[C@@H]1C/C(=C\c1ccccc1Cl)[C@@H]2O. The van der Waals surface area contributed by atoms with E-state index in [2.05, 4.69) is 26.0 Å². The number of aliphatic hydroxyl groups excluding tert-OH is 2. The van der Waals surface area contributed by atoms with E-state index < -0.39 is 0 Å². The Labute approximate surface area is 179 Å². The molecule has 2 N–H and O–H groups in total. The van der Waals surface area contributed by atoms with Gasteiger partial charge in [-0.25, -0.2) is 0 Å². The summed E-state index contributed by atoms with van der Waals surface area (Å²) in [6, 6.07) is 7.93. The standard InChI is InChI=1S/C26H33ClO2/c1-25-11-9-19(28)15-18(25)7-8-20-21(25)10-12-26(2)22(20)14-17(24(26)29)13-16-5-3-4-6-23(16)27/h3-7,13,19-22,24,28-29H,8-12,14-15H2,1-2H3/b17-13+/t19-,20-,21+,22+,24+,25+,26+/m1/s1. The van der Waals surface area contributed by atoms with Crippen molar-refractivity contribution < 1.29 is 10.2 Å². The van der Waals surface area contributed by atoms with Gasteiger partial charge in [0.15, 0.2) is 0 Å². The molecule has 7 atom stereocenters. The van der Waals surface area contributed by atoms with Crippen molar-refractivity contribution >= 4 is 17.7 Å². The number of fused-ring (bicyclic) bond motifs is 5.